The molecule has 0 amide bonds. The Kier molecular flexibility index (Phi) is 2.94. The molecular formula is C11H20O. The summed E-state index contributed by atoms with van der Waals surface area (Å²) in [6, 6.07) is 0. The Hall–Kier alpha value is -0.300. The van der Waals surface area contributed by atoms with Crippen LogP contribution in [0.4, 0.5) is 0 Å². The van der Waals surface area contributed by atoms with Crippen molar-refractivity contribution in [2.45, 2.75) is 40.0 Å². The number of hydrogen-bond acceptors (Lipinski definition) is 1. The van der Waals surface area contributed by atoms with E-state index >= 15 is 0 Å². The van der Waals surface area contributed by atoms with Crippen LogP contribution in [-0.4, -0.2) is 11.7 Å². The van der Waals surface area contributed by atoms with Crippen LogP contribution in [-0.2, 0) is 0 Å². The SMILES string of the molecule is CC1CCC=C1CC(C)(C)CO. The van der Waals surface area contributed by atoms with Gasteiger partial charge in [-0.2, -0.15) is 0 Å². The van der Waals surface area contributed by atoms with E-state index in [1.54, 1.807) is 5.57 Å². The number of aliphatic hydroxyl groups excluding tert-OH is 1. The highest BCUT2D eigenvalue weighted by atomic mass is 16.3. The molecule has 0 aliphatic heterocycles. The lowest BCUT2D eigenvalue weighted by molar-refractivity contribution is 0.157. The Morgan fingerprint density at radius 2 is 2.25 bits per heavy atom. The predicted molar refractivity (Wildman–Crippen MR) is 52.0 cm³/mol. The summed E-state index contributed by atoms with van der Waals surface area (Å²) in [5.74, 6) is 0.746. The lowest BCUT2D eigenvalue weighted by Crippen LogP contribution is -2.18. The molecule has 1 nitrogen and oxygen atoms in total. The van der Waals surface area contributed by atoms with Gasteiger partial charge in [0.2, 0.25) is 0 Å². The zero-order chi connectivity index (χ0) is 9.19. The molecule has 1 heteroatoms. The first-order valence-corrected chi connectivity index (χ1v) is 4.85. The molecular weight excluding hydrogens is 148 g/mol. The van der Waals surface area contributed by atoms with Gasteiger partial charge in [0, 0.05) is 6.61 Å². The van der Waals surface area contributed by atoms with Gasteiger partial charge in [-0.15, -0.1) is 0 Å². The zero-order valence-corrected chi connectivity index (χ0v) is 8.43. The summed E-state index contributed by atoms with van der Waals surface area (Å²) in [5.41, 5.74) is 1.62. The summed E-state index contributed by atoms with van der Waals surface area (Å²) in [7, 11) is 0. The molecule has 0 aromatic rings. The Morgan fingerprint density at radius 3 is 2.67 bits per heavy atom. The van der Waals surface area contributed by atoms with Crippen molar-refractivity contribution in [2.75, 3.05) is 6.61 Å². The zero-order valence-electron chi connectivity index (χ0n) is 8.43. The molecule has 0 spiro atoms. The van der Waals surface area contributed by atoms with Gasteiger partial charge in [0.15, 0.2) is 0 Å². The summed E-state index contributed by atoms with van der Waals surface area (Å²) < 4.78 is 0. The molecule has 1 aliphatic carbocycles. The standard InChI is InChI=1S/C11H20O/c1-9-5-4-6-10(9)7-11(2,3)8-12/h6,9,12H,4-5,7-8H2,1-3H3. The normalized spacial score (nSPS) is 24.3. The second kappa shape index (κ2) is 3.61. The van der Waals surface area contributed by atoms with Gasteiger partial charge in [0.05, 0.1) is 0 Å². The molecule has 70 valence electrons. The molecule has 1 atom stereocenters. The molecule has 0 radical (unpaired) electrons. The van der Waals surface area contributed by atoms with Crippen LogP contribution in [0.5, 0.6) is 0 Å². The third-order valence-corrected chi connectivity index (χ3v) is 2.75. The highest BCUT2D eigenvalue weighted by Crippen LogP contribution is 2.34. The molecule has 0 fully saturated rings. The van der Waals surface area contributed by atoms with Crippen LogP contribution in [0.3, 0.4) is 0 Å². The fraction of sp³-hybridized carbons (Fsp3) is 0.818. The average molecular weight is 168 g/mol. The van der Waals surface area contributed by atoms with E-state index in [0.29, 0.717) is 0 Å². The molecule has 0 bridgehead atoms. The van der Waals surface area contributed by atoms with Gasteiger partial charge in [-0.3, -0.25) is 0 Å². The first-order chi connectivity index (χ1) is 5.55. The maximum absolute atomic E-state index is 9.11. The third kappa shape index (κ3) is 2.34. The van der Waals surface area contributed by atoms with E-state index in [0.717, 1.165) is 12.3 Å². The number of rotatable bonds is 3. The minimum Gasteiger partial charge on any atom is -0.396 e. The summed E-state index contributed by atoms with van der Waals surface area (Å²) >= 11 is 0. The van der Waals surface area contributed by atoms with Gasteiger partial charge in [-0.25, -0.2) is 0 Å². The Labute approximate surface area is 75.5 Å². The van der Waals surface area contributed by atoms with Crippen molar-refractivity contribution in [3.05, 3.63) is 11.6 Å². The van der Waals surface area contributed by atoms with Crippen molar-refractivity contribution >= 4 is 0 Å². The van der Waals surface area contributed by atoms with Crippen molar-refractivity contribution in [1.29, 1.82) is 0 Å². The molecule has 0 heterocycles. The number of hydrogen-bond donors (Lipinski definition) is 1. The average Bonchev–Trinajstić information content (AvgIpc) is 2.36. The van der Waals surface area contributed by atoms with Gasteiger partial charge in [-0.05, 0) is 30.6 Å². The van der Waals surface area contributed by atoms with E-state index in [-0.39, 0.29) is 12.0 Å². The molecule has 12 heavy (non-hydrogen) atoms. The molecule has 0 saturated carbocycles. The number of aliphatic hydroxyl groups is 1. The van der Waals surface area contributed by atoms with Crippen LogP contribution in [0, 0.1) is 11.3 Å². The van der Waals surface area contributed by atoms with Crippen molar-refractivity contribution in [3.63, 3.8) is 0 Å². The van der Waals surface area contributed by atoms with Crippen molar-refractivity contribution < 1.29 is 5.11 Å². The fourth-order valence-corrected chi connectivity index (χ4v) is 1.76. The van der Waals surface area contributed by atoms with Gasteiger partial charge in [0.25, 0.3) is 0 Å². The molecule has 0 aromatic carbocycles. The van der Waals surface area contributed by atoms with Crippen LogP contribution < -0.4 is 0 Å². The quantitative estimate of drug-likeness (QED) is 0.642. The van der Waals surface area contributed by atoms with Crippen molar-refractivity contribution in [3.8, 4) is 0 Å². The number of allylic oxidation sites excluding steroid dienone is 2. The maximum atomic E-state index is 9.11. The fourth-order valence-electron chi connectivity index (χ4n) is 1.76. The van der Waals surface area contributed by atoms with Gasteiger partial charge >= 0.3 is 0 Å². The Balaban J connectivity index is 2.50. The van der Waals surface area contributed by atoms with Gasteiger partial charge in [0.1, 0.15) is 0 Å². The molecule has 0 aromatic heterocycles. The minimum atomic E-state index is 0.0738. The van der Waals surface area contributed by atoms with Crippen molar-refractivity contribution in [1.82, 2.24) is 0 Å². The summed E-state index contributed by atoms with van der Waals surface area (Å²) in [4.78, 5) is 0. The molecule has 1 rings (SSSR count). The molecule has 0 saturated heterocycles. The molecule has 1 unspecified atom stereocenters. The highest BCUT2D eigenvalue weighted by Gasteiger charge is 2.23. The summed E-state index contributed by atoms with van der Waals surface area (Å²) in [5, 5.41) is 9.11. The van der Waals surface area contributed by atoms with Crippen LogP contribution in [0.25, 0.3) is 0 Å². The molecule has 1 N–H and O–H groups in total. The van der Waals surface area contributed by atoms with E-state index in [9.17, 15) is 0 Å². The van der Waals surface area contributed by atoms with Gasteiger partial charge < -0.3 is 5.11 Å². The van der Waals surface area contributed by atoms with E-state index in [4.69, 9.17) is 5.11 Å². The summed E-state index contributed by atoms with van der Waals surface area (Å²) in [6.07, 6.45) is 5.95. The Bertz CT molecular complexity index is 179. The van der Waals surface area contributed by atoms with Crippen molar-refractivity contribution in [2.24, 2.45) is 11.3 Å². The van der Waals surface area contributed by atoms with Crippen LogP contribution >= 0.6 is 0 Å². The topological polar surface area (TPSA) is 20.2 Å². The first kappa shape index (κ1) is 9.79. The molecule has 1 aliphatic rings. The second-order valence-corrected chi connectivity index (χ2v) is 4.76. The first-order valence-electron chi connectivity index (χ1n) is 4.85. The van der Waals surface area contributed by atoms with Crippen LogP contribution in [0.2, 0.25) is 0 Å². The Morgan fingerprint density at radius 1 is 1.58 bits per heavy atom. The predicted octanol–water partition coefficient (Wildman–Crippen LogP) is 2.75. The monoisotopic (exact) mass is 168 g/mol. The van der Waals surface area contributed by atoms with E-state index in [2.05, 4.69) is 26.8 Å². The summed E-state index contributed by atoms with van der Waals surface area (Å²) in [6.45, 7) is 6.82. The third-order valence-electron chi connectivity index (χ3n) is 2.75. The van der Waals surface area contributed by atoms with E-state index in [1.807, 2.05) is 0 Å². The van der Waals surface area contributed by atoms with E-state index < -0.39 is 0 Å². The van der Waals surface area contributed by atoms with Crippen LogP contribution in [0.1, 0.15) is 40.0 Å². The highest BCUT2D eigenvalue weighted by molar-refractivity contribution is 5.13. The smallest absolute Gasteiger partial charge is 0.0485 e. The maximum Gasteiger partial charge on any atom is 0.0485 e. The minimum absolute atomic E-state index is 0.0738. The lowest BCUT2D eigenvalue weighted by atomic mass is 9.83. The van der Waals surface area contributed by atoms with E-state index in [1.165, 1.54) is 12.8 Å². The van der Waals surface area contributed by atoms with Gasteiger partial charge in [-0.1, -0.05) is 32.4 Å². The lowest BCUT2D eigenvalue weighted by Gasteiger charge is -2.24. The van der Waals surface area contributed by atoms with Crippen LogP contribution in [0.15, 0.2) is 11.6 Å². The second-order valence-electron chi connectivity index (χ2n) is 4.76. The largest absolute Gasteiger partial charge is 0.396 e.